The molecule has 0 amide bonds. The van der Waals surface area contributed by atoms with Crippen LogP contribution in [0.5, 0.6) is 0 Å². The Morgan fingerprint density at radius 2 is 2.00 bits per heavy atom. The van der Waals surface area contributed by atoms with Gasteiger partial charge in [-0.25, -0.2) is 9.78 Å². The highest BCUT2D eigenvalue weighted by Crippen LogP contribution is 2.20. The number of aliphatic hydroxyl groups is 1. The second-order valence-corrected chi connectivity index (χ2v) is 5.79. The molecule has 0 aliphatic rings. The van der Waals surface area contributed by atoms with Gasteiger partial charge in [-0.15, -0.1) is 0 Å². The Morgan fingerprint density at radius 3 is 2.72 bits per heavy atom. The Morgan fingerprint density at radius 1 is 1.28 bits per heavy atom. The van der Waals surface area contributed by atoms with E-state index in [0.29, 0.717) is 11.0 Å². The molecule has 0 bridgehead atoms. The van der Waals surface area contributed by atoms with Crippen LogP contribution in [0.3, 0.4) is 0 Å². The lowest BCUT2D eigenvalue weighted by atomic mass is 10.1. The summed E-state index contributed by atoms with van der Waals surface area (Å²) in [7, 11) is 0. The van der Waals surface area contributed by atoms with Gasteiger partial charge >= 0.3 is 5.97 Å². The maximum atomic E-state index is 11.9. The van der Waals surface area contributed by atoms with Gasteiger partial charge < -0.3 is 14.8 Å². The molecule has 0 unspecified atom stereocenters. The van der Waals surface area contributed by atoms with Crippen LogP contribution >= 0.6 is 0 Å². The molecule has 144 valence electrons. The summed E-state index contributed by atoms with van der Waals surface area (Å²) in [5, 5.41) is 30.4. The number of nitrogens with zero attached hydrogens (tertiary/aromatic N) is 3. The number of aliphatic hydroxyl groups excluding tert-OH is 1. The molecule has 0 aliphatic carbocycles. The van der Waals surface area contributed by atoms with Crippen molar-refractivity contribution < 1.29 is 19.6 Å². The average Bonchev–Trinajstić information content (AvgIpc) is 3.15. The monoisotopic (exact) mass is 390 g/mol. The number of hydrogen-bond acceptors (Lipinski definition) is 7. The first-order valence-electron chi connectivity index (χ1n) is 8.35. The number of nitrogens with one attached hydrogen (secondary N) is 1. The number of aromatic amines is 1. The lowest BCUT2D eigenvalue weighted by Crippen LogP contribution is -2.06. The Balaban J connectivity index is 1.71. The zero-order valence-corrected chi connectivity index (χ0v) is 14.9. The number of nitro benzene ring substituents is 1. The summed E-state index contributed by atoms with van der Waals surface area (Å²) in [5.74, 6) is -1.16. The third-order valence-electron chi connectivity index (χ3n) is 3.91. The van der Waals surface area contributed by atoms with Gasteiger partial charge in [0.15, 0.2) is 11.6 Å². The summed E-state index contributed by atoms with van der Waals surface area (Å²) in [6, 6.07) is 14.8. The maximum Gasteiger partial charge on any atom is 0.331 e. The van der Waals surface area contributed by atoms with Crippen LogP contribution in [0.4, 0.5) is 5.69 Å². The van der Waals surface area contributed by atoms with Gasteiger partial charge in [0.2, 0.25) is 0 Å². The largest absolute Gasteiger partial charge is 0.507 e. The molecule has 2 N–H and O–H groups in total. The number of esters is 1. The number of carbonyl (C=O) groups is 1. The second kappa shape index (κ2) is 8.49. The molecule has 0 saturated heterocycles. The zero-order valence-electron chi connectivity index (χ0n) is 14.9. The number of H-pyrrole nitrogens is 1. The van der Waals surface area contributed by atoms with Gasteiger partial charge in [-0.2, -0.15) is 5.26 Å². The topological polar surface area (TPSA) is 142 Å². The zero-order chi connectivity index (χ0) is 20.8. The van der Waals surface area contributed by atoms with Gasteiger partial charge in [-0.05, 0) is 24.3 Å². The van der Waals surface area contributed by atoms with Crippen molar-refractivity contribution in [2.75, 3.05) is 6.61 Å². The summed E-state index contributed by atoms with van der Waals surface area (Å²) in [6.07, 6.45) is 2.24. The molecule has 1 heterocycles. The minimum Gasteiger partial charge on any atom is -0.507 e. The van der Waals surface area contributed by atoms with E-state index in [1.807, 2.05) is 6.07 Å². The molecule has 0 radical (unpaired) electrons. The number of allylic oxidation sites excluding steroid dienone is 1. The van der Waals surface area contributed by atoms with E-state index in [9.17, 15) is 25.3 Å². The average molecular weight is 390 g/mol. The normalized spacial score (nSPS) is 11.8. The van der Waals surface area contributed by atoms with Crippen molar-refractivity contribution in [1.29, 1.82) is 5.26 Å². The Hall–Kier alpha value is -4.45. The van der Waals surface area contributed by atoms with E-state index in [0.717, 1.165) is 6.08 Å². The Labute approximate surface area is 164 Å². The number of hydrogen-bond donors (Lipinski definition) is 2. The fraction of sp³-hybridized carbons (Fsp3) is 0.0500. The van der Waals surface area contributed by atoms with E-state index in [-0.39, 0.29) is 22.6 Å². The quantitative estimate of drug-likeness (QED) is 0.164. The number of rotatable bonds is 6. The van der Waals surface area contributed by atoms with E-state index in [2.05, 4.69) is 9.97 Å². The first-order valence-corrected chi connectivity index (χ1v) is 8.35. The van der Waals surface area contributed by atoms with Gasteiger partial charge in [0.1, 0.15) is 18.2 Å². The fourth-order valence-electron chi connectivity index (χ4n) is 2.54. The molecule has 3 aromatic rings. The Bertz CT molecular complexity index is 1150. The van der Waals surface area contributed by atoms with Crippen LogP contribution in [-0.4, -0.2) is 32.6 Å². The summed E-state index contributed by atoms with van der Waals surface area (Å²) in [5.41, 5.74) is 1.22. The van der Waals surface area contributed by atoms with Crippen LogP contribution in [0.1, 0.15) is 11.4 Å². The van der Waals surface area contributed by atoms with Crippen molar-refractivity contribution in [1.82, 2.24) is 9.97 Å². The second-order valence-electron chi connectivity index (χ2n) is 5.79. The van der Waals surface area contributed by atoms with Gasteiger partial charge in [-0.1, -0.05) is 24.3 Å². The molecule has 0 spiro atoms. The van der Waals surface area contributed by atoms with Crippen LogP contribution in [0.25, 0.3) is 22.7 Å². The van der Waals surface area contributed by atoms with E-state index in [1.165, 1.54) is 24.3 Å². The number of benzene rings is 2. The molecular formula is C20H14N4O5. The predicted molar refractivity (Wildman–Crippen MR) is 104 cm³/mol. The van der Waals surface area contributed by atoms with Crippen LogP contribution < -0.4 is 0 Å². The highest BCUT2D eigenvalue weighted by Gasteiger charge is 2.15. The van der Waals surface area contributed by atoms with E-state index >= 15 is 0 Å². The molecule has 9 heteroatoms. The Kier molecular flexibility index (Phi) is 5.66. The number of aromatic nitrogens is 2. The number of carbonyl (C=O) groups excluding carboxylic acids is 1. The van der Waals surface area contributed by atoms with Crippen LogP contribution in [0.2, 0.25) is 0 Å². The number of nitro groups is 1. The summed E-state index contributed by atoms with van der Waals surface area (Å²) in [6.45, 7) is -0.556. The van der Waals surface area contributed by atoms with Gasteiger partial charge in [0, 0.05) is 12.1 Å². The molecule has 0 saturated carbocycles. The van der Waals surface area contributed by atoms with Crippen molar-refractivity contribution in [2.45, 2.75) is 0 Å². The van der Waals surface area contributed by atoms with Crippen molar-refractivity contribution in [3.8, 4) is 6.07 Å². The third-order valence-corrected chi connectivity index (χ3v) is 3.91. The standard InChI is InChI=1S/C20H14N4O5/c21-11-14(20-22-15-6-2-3-7-16(15)23-20)18(25)12-29-19(26)10-9-13-5-1-4-8-17(13)24(27)28/h1-10,25H,12H2,(H,22,23). The minimum absolute atomic E-state index is 0.151. The van der Waals surface area contributed by atoms with E-state index in [1.54, 1.807) is 30.3 Å². The predicted octanol–water partition coefficient (Wildman–Crippen LogP) is 3.52. The first-order chi connectivity index (χ1) is 14.0. The first kappa shape index (κ1) is 19.3. The fourth-order valence-corrected chi connectivity index (χ4v) is 2.54. The molecule has 0 atom stereocenters. The number of nitriles is 1. The lowest BCUT2D eigenvalue weighted by Gasteiger charge is -2.03. The minimum atomic E-state index is -0.836. The molecule has 0 aliphatic heterocycles. The van der Waals surface area contributed by atoms with E-state index in [4.69, 9.17) is 4.74 Å². The molecule has 29 heavy (non-hydrogen) atoms. The van der Waals surface area contributed by atoms with Gasteiger partial charge in [0.05, 0.1) is 21.5 Å². The number of para-hydroxylation sites is 3. The van der Waals surface area contributed by atoms with Crippen LogP contribution in [0, 0.1) is 21.4 Å². The summed E-state index contributed by atoms with van der Waals surface area (Å²) >= 11 is 0. The molecular weight excluding hydrogens is 376 g/mol. The highest BCUT2D eigenvalue weighted by atomic mass is 16.6. The molecule has 3 rings (SSSR count). The van der Waals surface area contributed by atoms with E-state index < -0.39 is 23.3 Å². The van der Waals surface area contributed by atoms with Crippen molar-refractivity contribution in [2.24, 2.45) is 0 Å². The number of imidazole rings is 1. The third kappa shape index (κ3) is 4.45. The molecule has 1 aromatic heterocycles. The smallest absolute Gasteiger partial charge is 0.331 e. The van der Waals surface area contributed by atoms with Gasteiger partial charge in [0.25, 0.3) is 5.69 Å². The van der Waals surface area contributed by atoms with Crippen LogP contribution in [-0.2, 0) is 9.53 Å². The SMILES string of the molecule is N#CC(=C(O)COC(=O)C=Cc1ccccc1[N+](=O)[O-])c1nc2ccccc2[nH]1. The van der Waals surface area contributed by atoms with Crippen molar-refractivity contribution >= 4 is 34.3 Å². The molecule has 9 nitrogen and oxygen atoms in total. The summed E-state index contributed by atoms with van der Waals surface area (Å²) in [4.78, 5) is 29.4. The number of fused-ring (bicyclic) bond motifs is 1. The molecule has 0 fully saturated rings. The van der Waals surface area contributed by atoms with Crippen LogP contribution in [0.15, 0.2) is 60.4 Å². The van der Waals surface area contributed by atoms with Crippen molar-refractivity contribution in [3.63, 3.8) is 0 Å². The maximum absolute atomic E-state index is 11.9. The van der Waals surface area contributed by atoms with Crippen molar-refractivity contribution in [3.05, 3.63) is 81.9 Å². The van der Waals surface area contributed by atoms with Gasteiger partial charge in [-0.3, -0.25) is 10.1 Å². The summed E-state index contributed by atoms with van der Waals surface area (Å²) < 4.78 is 4.91. The number of ether oxygens (including phenoxy) is 1. The lowest BCUT2D eigenvalue weighted by molar-refractivity contribution is -0.385. The molecule has 2 aromatic carbocycles. The highest BCUT2D eigenvalue weighted by molar-refractivity contribution is 5.88.